The molecule has 0 aromatic heterocycles. The number of nitrogens with two attached hydrogens (primary N) is 1. The number of halogens is 1. The van der Waals surface area contributed by atoms with Crippen LogP contribution in [0.1, 0.15) is 45.6 Å². The molecular formula is C18H29ClN2. The molecule has 118 valence electrons. The van der Waals surface area contributed by atoms with Crippen molar-refractivity contribution < 1.29 is 0 Å². The summed E-state index contributed by atoms with van der Waals surface area (Å²) >= 11 is 6.32. The SMILES string of the molecule is CC1CC(C)(C)CC(CN)(N(C)Cc2ccccc2Cl)C1. The highest BCUT2D eigenvalue weighted by Gasteiger charge is 2.44. The Morgan fingerprint density at radius 3 is 2.52 bits per heavy atom. The van der Waals surface area contributed by atoms with Crippen molar-refractivity contribution in [3.05, 3.63) is 34.9 Å². The summed E-state index contributed by atoms with van der Waals surface area (Å²) in [5.74, 6) is 0.714. The third-order valence-corrected chi connectivity index (χ3v) is 5.36. The molecule has 2 rings (SSSR count). The molecule has 2 unspecified atom stereocenters. The van der Waals surface area contributed by atoms with Gasteiger partial charge in [-0.15, -0.1) is 0 Å². The van der Waals surface area contributed by atoms with Gasteiger partial charge in [0.25, 0.3) is 0 Å². The normalized spacial score (nSPS) is 28.8. The molecular weight excluding hydrogens is 280 g/mol. The smallest absolute Gasteiger partial charge is 0.0451 e. The second-order valence-electron chi connectivity index (χ2n) is 7.73. The largest absolute Gasteiger partial charge is 0.329 e. The zero-order valence-electron chi connectivity index (χ0n) is 13.8. The van der Waals surface area contributed by atoms with Gasteiger partial charge in [-0.1, -0.05) is 50.6 Å². The van der Waals surface area contributed by atoms with Gasteiger partial charge in [0.1, 0.15) is 0 Å². The molecule has 1 aromatic rings. The van der Waals surface area contributed by atoms with E-state index in [2.05, 4.69) is 44.9 Å². The van der Waals surface area contributed by atoms with Crippen molar-refractivity contribution in [1.29, 1.82) is 0 Å². The first kappa shape index (κ1) is 16.8. The molecule has 0 heterocycles. The summed E-state index contributed by atoms with van der Waals surface area (Å²) in [4.78, 5) is 2.44. The lowest BCUT2D eigenvalue weighted by Gasteiger charge is -2.52. The molecule has 2 nitrogen and oxygen atoms in total. The zero-order chi connectivity index (χ0) is 15.7. The van der Waals surface area contributed by atoms with Crippen molar-refractivity contribution in [2.24, 2.45) is 17.1 Å². The first-order valence-corrected chi connectivity index (χ1v) is 8.30. The molecule has 0 saturated heterocycles. The fraction of sp³-hybridized carbons (Fsp3) is 0.667. The van der Waals surface area contributed by atoms with Crippen LogP contribution < -0.4 is 5.73 Å². The van der Waals surface area contributed by atoms with E-state index in [1.807, 2.05) is 12.1 Å². The van der Waals surface area contributed by atoms with Crippen molar-refractivity contribution >= 4 is 11.6 Å². The van der Waals surface area contributed by atoms with Crippen LogP contribution in [0.15, 0.2) is 24.3 Å². The average Bonchev–Trinajstić information content (AvgIpc) is 2.38. The summed E-state index contributed by atoms with van der Waals surface area (Å²) in [6.45, 7) is 8.67. The van der Waals surface area contributed by atoms with Crippen molar-refractivity contribution in [3.8, 4) is 0 Å². The van der Waals surface area contributed by atoms with Gasteiger partial charge in [0.05, 0.1) is 0 Å². The summed E-state index contributed by atoms with van der Waals surface area (Å²) < 4.78 is 0. The molecule has 0 amide bonds. The summed E-state index contributed by atoms with van der Waals surface area (Å²) in [6, 6.07) is 8.11. The van der Waals surface area contributed by atoms with Gasteiger partial charge in [-0.05, 0) is 49.3 Å². The third kappa shape index (κ3) is 3.80. The Bertz CT molecular complexity index is 486. The standard InChI is InChI=1S/C18H29ClN2/c1-14-9-17(2,3)12-18(10-14,13-20)21(4)11-15-7-5-6-8-16(15)19/h5-8,14H,9-13,20H2,1-4H3. The van der Waals surface area contributed by atoms with Gasteiger partial charge in [-0.2, -0.15) is 0 Å². The van der Waals surface area contributed by atoms with E-state index in [9.17, 15) is 0 Å². The summed E-state index contributed by atoms with van der Waals surface area (Å²) in [6.07, 6.45) is 3.62. The Morgan fingerprint density at radius 2 is 1.95 bits per heavy atom. The molecule has 1 aromatic carbocycles. The lowest BCUT2D eigenvalue weighted by Crippen LogP contribution is -2.57. The molecule has 1 fully saturated rings. The van der Waals surface area contributed by atoms with Crippen molar-refractivity contribution in [3.63, 3.8) is 0 Å². The molecule has 21 heavy (non-hydrogen) atoms. The Hall–Kier alpha value is -0.570. The molecule has 1 aliphatic rings. The molecule has 1 saturated carbocycles. The molecule has 0 aliphatic heterocycles. The Kier molecular flexibility index (Phi) is 5.02. The minimum absolute atomic E-state index is 0.0837. The summed E-state index contributed by atoms with van der Waals surface area (Å²) in [5.41, 5.74) is 7.86. The van der Waals surface area contributed by atoms with Gasteiger partial charge < -0.3 is 5.73 Å². The first-order valence-electron chi connectivity index (χ1n) is 7.93. The Balaban J connectivity index is 2.21. The zero-order valence-corrected chi connectivity index (χ0v) is 14.6. The fourth-order valence-corrected chi connectivity index (χ4v) is 4.55. The van der Waals surface area contributed by atoms with E-state index in [1.54, 1.807) is 0 Å². The van der Waals surface area contributed by atoms with E-state index >= 15 is 0 Å². The fourth-order valence-electron chi connectivity index (χ4n) is 4.35. The minimum Gasteiger partial charge on any atom is -0.329 e. The lowest BCUT2D eigenvalue weighted by molar-refractivity contribution is -0.00112. The van der Waals surface area contributed by atoms with Gasteiger partial charge in [0.2, 0.25) is 0 Å². The highest BCUT2D eigenvalue weighted by atomic mass is 35.5. The highest BCUT2D eigenvalue weighted by molar-refractivity contribution is 6.31. The van der Waals surface area contributed by atoms with Crippen LogP contribution in [0.4, 0.5) is 0 Å². The van der Waals surface area contributed by atoms with Gasteiger partial charge in [-0.25, -0.2) is 0 Å². The molecule has 1 aliphatic carbocycles. The van der Waals surface area contributed by atoms with Gasteiger partial charge >= 0.3 is 0 Å². The maximum atomic E-state index is 6.32. The van der Waals surface area contributed by atoms with E-state index in [0.717, 1.165) is 18.0 Å². The predicted octanol–water partition coefficient (Wildman–Crippen LogP) is 4.32. The average molecular weight is 309 g/mol. The number of likely N-dealkylation sites (N-methyl/N-ethyl adjacent to an activating group) is 1. The van der Waals surface area contributed by atoms with Crippen LogP contribution in [0.3, 0.4) is 0 Å². The summed E-state index contributed by atoms with van der Waals surface area (Å²) in [5, 5.41) is 0.847. The predicted molar refractivity (Wildman–Crippen MR) is 91.5 cm³/mol. The van der Waals surface area contributed by atoms with E-state index < -0.39 is 0 Å². The van der Waals surface area contributed by atoms with E-state index in [0.29, 0.717) is 17.9 Å². The number of hydrogen-bond donors (Lipinski definition) is 1. The van der Waals surface area contributed by atoms with Crippen LogP contribution in [0.25, 0.3) is 0 Å². The maximum absolute atomic E-state index is 6.32. The summed E-state index contributed by atoms with van der Waals surface area (Å²) in [7, 11) is 2.20. The maximum Gasteiger partial charge on any atom is 0.0451 e. The first-order chi connectivity index (χ1) is 9.78. The lowest BCUT2D eigenvalue weighted by atomic mass is 9.63. The number of hydrogen-bond acceptors (Lipinski definition) is 2. The molecule has 0 radical (unpaired) electrons. The topological polar surface area (TPSA) is 29.3 Å². The number of nitrogens with zero attached hydrogens (tertiary/aromatic N) is 1. The second-order valence-corrected chi connectivity index (χ2v) is 8.14. The van der Waals surface area contributed by atoms with E-state index in [4.69, 9.17) is 17.3 Å². The minimum atomic E-state index is 0.0837. The molecule has 3 heteroatoms. The second kappa shape index (κ2) is 6.28. The highest BCUT2D eigenvalue weighted by Crippen LogP contribution is 2.46. The monoisotopic (exact) mass is 308 g/mol. The van der Waals surface area contributed by atoms with Crippen molar-refractivity contribution in [2.45, 2.75) is 52.1 Å². The van der Waals surface area contributed by atoms with Crippen LogP contribution in [0.5, 0.6) is 0 Å². The Morgan fingerprint density at radius 1 is 1.29 bits per heavy atom. The van der Waals surface area contributed by atoms with Crippen LogP contribution in [0, 0.1) is 11.3 Å². The van der Waals surface area contributed by atoms with Crippen molar-refractivity contribution in [2.75, 3.05) is 13.6 Å². The van der Waals surface area contributed by atoms with E-state index in [-0.39, 0.29) is 5.54 Å². The van der Waals surface area contributed by atoms with Crippen LogP contribution >= 0.6 is 11.6 Å². The molecule has 2 atom stereocenters. The van der Waals surface area contributed by atoms with Crippen LogP contribution in [-0.4, -0.2) is 24.0 Å². The van der Waals surface area contributed by atoms with Gasteiger partial charge in [0, 0.05) is 23.7 Å². The molecule has 2 N–H and O–H groups in total. The van der Waals surface area contributed by atoms with Gasteiger partial charge in [-0.3, -0.25) is 4.90 Å². The molecule has 0 spiro atoms. The molecule has 0 bridgehead atoms. The van der Waals surface area contributed by atoms with Crippen LogP contribution in [0.2, 0.25) is 5.02 Å². The Labute approximate surface area is 134 Å². The number of rotatable bonds is 4. The number of benzene rings is 1. The third-order valence-electron chi connectivity index (χ3n) is 4.99. The van der Waals surface area contributed by atoms with Crippen LogP contribution in [-0.2, 0) is 6.54 Å². The van der Waals surface area contributed by atoms with E-state index in [1.165, 1.54) is 18.4 Å². The quantitative estimate of drug-likeness (QED) is 0.897. The van der Waals surface area contributed by atoms with Crippen molar-refractivity contribution in [1.82, 2.24) is 4.90 Å². The van der Waals surface area contributed by atoms with Gasteiger partial charge in [0.15, 0.2) is 0 Å².